The molecular formula is C18H22N2O3S. The number of aromatic nitrogens is 1. The van der Waals surface area contributed by atoms with Crippen LogP contribution in [0.1, 0.15) is 17.7 Å². The number of sulfone groups is 1. The molecule has 0 unspecified atom stereocenters. The lowest BCUT2D eigenvalue weighted by Gasteiger charge is -2.19. The van der Waals surface area contributed by atoms with Gasteiger partial charge in [0.1, 0.15) is 12.4 Å². The highest BCUT2D eigenvalue weighted by Crippen LogP contribution is 2.16. The summed E-state index contributed by atoms with van der Waals surface area (Å²) in [6.45, 7) is 2.66. The van der Waals surface area contributed by atoms with Crippen molar-refractivity contribution in [1.82, 2.24) is 9.88 Å². The maximum Gasteiger partial charge on any atom is 0.151 e. The van der Waals surface area contributed by atoms with E-state index >= 15 is 0 Å². The summed E-state index contributed by atoms with van der Waals surface area (Å²) < 4.78 is 29.0. The first-order valence-corrected chi connectivity index (χ1v) is 9.97. The van der Waals surface area contributed by atoms with Crippen molar-refractivity contribution >= 4 is 9.84 Å². The van der Waals surface area contributed by atoms with Gasteiger partial charge in [-0.25, -0.2) is 8.42 Å². The zero-order chi connectivity index (χ0) is 16.8. The van der Waals surface area contributed by atoms with Crippen molar-refractivity contribution in [2.45, 2.75) is 19.6 Å². The van der Waals surface area contributed by atoms with E-state index in [1.165, 1.54) is 5.56 Å². The molecule has 6 heteroatoms. The molecule has 1 fully saturated rings. The average Bonchev–Trinajstić information content (AvgIpc) is 2.76. The van der Waals surface area contributed by atoms with Crippen molar-refractivity contribution in [3.05, 3.63) is 59.9 Å². The monoisotopic (exact) mass is 346 g/mol. The molecule has 0 amide bonds. The minimum atomic E-state index is -2.85. The molecule has 0 atom stereocenters. The summed E-state index contributed by atoms with van der Waals surface area (Å²) in [6.07, 6.45) is 2.47. The van der Waals surface area contributed by atoms with E-state index in [0.29, 0.717) is 25.3 Å². The third-order valence-electron chi connectivity index (χ3n) is 4.09. The van der Waals surface area contributed by atoms with Crippen LogP contribution in [0.15, 0.2) is 48.7 Å². The quantitative estimate of drug-likeness (QED) is 0.831. The highest BCUT2D eigenvalue weighted by Gasteiger charge is 2.18. The van der Waals surface area contributed by atoms with Crippen molar-refractivity contribution in [3.8, 4) is 5.75 Å². The van der Waals surface area contributed by atoms with Gasteiger partial charge in [0.15, 0.2) is 9.84 Å². The normalized spacial score (nSPS) is 18.0. The minimum Gasteiger partial charge on any atom is -0.487 e. The Morgan fingerprint density at radius 1 is 1.04 bits per heavy atom. The van der Waals surface area contributed by atoms with E-state index in [1.807, 2.05) is 42.5 Å². The molecule has 0 saturated carbocycles. The van der Waals surface area contributed by atoms with Gasteiger partial charge in [0.25, 0.3) is 0 Å². The van der Waals surface area contributed by atoms with Gasteiger partial charge >= 0.3 is 0 Å². The Morgan fingerprint density at radius 3 is 2.62 bits per heavy atom. The first-order valence-electron chi connectivity index (χ1n) is 8.15. The summed E-state index contributed by atoms with van der Waals surface area (Å²) in [6, 6.07) is 13.7. The molecule has 24 heavy (non-hydrogen) atoms. The predicted molar refractivity (Wildman–Crippen MR) is 93.6 cm³/mol. The van der Waals surface area contributed by atoms with Crippen LogP contribution >= 0.6 is 0 Å². The van der Waals surface area contributed by atoms with E-state index in [9.17, 15) is 8.42 Å². The Kier molecular flexibility index (Phi) is 5.48. The standard InChI is InChI=1S/C18H22N2O3S/c21-24(22)12-3-10-20(11-13-24)14-16-5-7-18(8-6-16)23-15-17-4-1-2-9-19-17/h1-2,4-9H,3,10-15H2. The molecule has 2 aromatic rings. The second-order valence-corrected chi connectivity index (χ2v) is 8.34. The van der Waals surface area contributed by atoms with Gasteiger partial charge in [-0.3, -0.25) is 9.88 Å². The van der Waals surface area contributed by atoms with Crippen LogP contribution in [0.2, 0.25) is 0 Å². The fraction of sp³-hybridized carbons (Fsp3) is 0.389. The fourth-order valence-corrected chi connectivity index (χ4v) is 4.05. The summed E-state index contributed by atoms with van der Waals surface area (Å²) in [5, 5.41) is 0. The summed E-state index contributed by atoms with van der Waals surface area (Å²) >= 11 is 0. The van der Waals surface area contributed by atoms with Crippen molar-refractivity contribution in [3.63, 3.8) is 0 Å². The van der Waals surface area contributed by atoms with Crippen molar-refractivity contribution in [2.24, 2.45) is 0 Å². The number of ether oxygens (including phenoxy) is 1. The van der Waals surface area contributed by atoms with E-state index in [1.54, 1.807) is 6.20 Å². The molecule has 128 valence electrons. The highest BCUT2D eigenvalue weighted by molar-refractivity contribution is 7.91. The van der Waals surface area contributed by atoms with Crippen LogP contribution in [0.5, 0.6) is 5.75 Å². The number of rotatable bonds is 5. The van der Waals surface area contributed by atoms with Crippen molar-refractivity contribution in [1.29, 1.82) is 0 Å². The van der Waals surface area contributed by atoms with E-state index in [-0.39, 0.29) is 5.75 Å². The third-order valence-corrected chi connectivity index (χ3v) is 5.81. The lowest BCUT2D eigenvalue weighted by atomic mass is 10.2. The maximum absolute atomic E-state index is 11.7. The topological polar surface area (TPSA) is 59.5 Å². The van der Waals surface area contributed by atoms with Gasteiger partial charge in [-0.05, 0) is 42.8 Å². The van der Waals surface area contributed by atoms with Gasteiger partial charge in [-0.1, -0.05) is 18.2 Å². The van der Waals surface area contributed by atoms with Crippen molar-refractivity contribution < 1.29 is 13.2 Å². The molecule has 0 aliphatic carbocycles. The van der Waals surface area contributed by atoms with Gasteiger partial charge in [-0.15, -0.1) is 0 Å². The molecule has 0 N–H and O–H groups in total. The molecule has 3 rings (SSSR count). The number of hydrogen-bond acceptors (Lipinski definition) is 5. The van der Waals surface area contributed by atoms with Gasteiger partial charge in [0.2, 0.25) is 0 Å². The van der Waals surface area contributed by atoms with Gasteiger partial charge in [0.05, 0.1) is 17.2 Å². The molecule has 1 aromatic heterocycles. The largest absolute Gasteiger partial charge is 0.487 e. The molecule has 2 heterocycles. The molecule has 0 bridgehead atoms. The lowest BCUT2D eigenvalue weighted by Crippen LogP contribution is -2.26. The highest BCUT2D eigenvalue weighted by atomic mass is 32.2. The summed E-state index contributed by atoms with van der Waals surface area (Å²) in [7, 11) is -2.85. The molecule has 0 radical (unpaired) electrons. The Labute approximate surface area is 143 Å². The molecule has 1 aliphatic heterocycles. The van der Waals surface area contributed by atoms with E-state index < -0.39 is 9.84 Å². The predicted octanol–water partition coefficient (Wildman–Crippen LogP) is 2.28. The van der Waals surface area contributed by atoms with E-state index in [4.69, 9.17) is 4.74 Å². The van der Waals surface area contributed by atoms with Crippen LogP contribution in [0.4, 0.5) is 0 Å². The van der Waals surface area contributed by atoms with Gasteiger partial charge in [0, 0.05) is 19.3 Å². The summed E-state index contributed by atoms with van der Waals surface area (Å²) in [4.78, 5) is 6.43. The van der Waals surface area contributed by atoms with E-state index in [2.05, 4.69) is 9.88 Å². The van der Waals surface area contributed by atoms with Crippen LogP contribution in [-0.2, 0) is 23.0 Å². The molecule has 0 spiro atoms. The fourth-order valence-electron chi connectivity index (χ4n) is 2.74. The molecule has 5 nitrogen and oxygen atoms in total. The lowest BCUT2D eigenvalue weighted by molar-refractivity contribution is 0.286. The molecule has 1 aromatic carbocycles. The maximum atomic E-state index is 11.7. The van der Waals surface area contributed by atoms with Crippen LogP contribution in [0, 0.1) is 0 Å². The Morgan fingerprint density at radius 2 is 1.88 bits per heavy atom. The Balaban J connectivity index is 1.53. The van der Waals surface area contributed by atoms with Crippen LogP contribution in [0.25, 0.3) is 0 Å². The number of nitrogens with zero attached hydrogens (tertiary/aromatic N) is 2. The SMILES string of the molecule is O=S1(=O)CCCN(Cc2ccc(OCc3ccccn3)cc2)CC1. The first-order chi connectivity index (χ1) is 11.6. The second kappa shape index (κ2) is 7.77. The molecule has 1 aliphatic rings. The van der Waals surface area contributed by atoms with Crippen LogP contribution in [-0.4, -0.2) is 42.9 Å². The zero-order valence-corrected chi connectivity index (χ0v) is 14.4. The number of benzene rings is 1. The van der Waals surface area contributed by atoms with Gasteiger partial charge in [-0.2, -0.15) is 0 Å². The number of pyridine rings is 1. The van der Waals surface area contributed by atoms with Crippen LogP contribution in [0.3, 0.4) is 0 Å². The van der Waals surface area contributed by atoms with Crippen LogP contribution < -0.4 is 4.74 Å². The summed E-state index contributed by atoms with van der Waals surface area (Å²) in [5.74, 6) is 1.38. The minimum absolute atomic E-state index is 0.262. The molecule has 1 saturated heterocycles. The number of hydrogen-bond donors (Lipinski definition) is 0. The third kappa shape index (κ3) is 5.04. The Hall–Kier alpha value is -1.92. The molecular weight excluding hydrogens is 324 g/mol. The second-order valence-electron chi connectivity index (χ2n) is 6.04. The Bertz CT molecular complexity index is 746. The first kappa shape index (κ1) is 16.9. The smallest absolute Gasteiger partial charge is 0.151 e. The van der Waals surface area contributed by atoms with Crippen molar-refractivity contribution in [2.75, 3.05) is 24.6 Å². The van der Waals surface area contributed by atoms with E-state index in [0.717, 1.165) is 24.5 Å². The van der Waals surface area contributed by atoms with Gasteiger partial charge < -0.3 is 4.74 Å². The average molecular weight is 346 g/mol. The summed E-state index contributed by atoms with van der Waals surface area (Å²) in [5.41, 5.74) is 2.06. The zero-order valence-electron chi connectivity index (χ0n) is 13.6.